The number of carboxylic acids is 1. The molecule has 0 spiro atoms. The van der Waals surface area contributed by atoms with Crippen LogP contribution in [0.15, 0.2) is 24.3 Å². The van der Waals surface area contributed by atoms with Crippen LogP contribution in [0.4, 0.5) is 0 Å². The number of allylic oxidation sites excluding steroid dienone is 1. The van der Waals surface area contributed by atoms with Crippen molar-refractivity contribution in [2.45, 2.75) is 38.1 Å². The lowest BCUT2D eigenvalue weighted by Crippen LogP contribution is -2.50. The summed E-state index contributed by atoms with van der Waals surface area (Å²) >= 11 is 0. The molecule has 1 N–H and O–H groups in total. The van der Waals surface area contributed by atoms with Crippen LogP contribution in [0.5, 0.6) is 0 Å². The van der Waals surface area contributed by atoms with Crippen LogP contribution in [0.1, 0.15) is 32.6 Å². The van der Waals surface area contributed by atoms with Crippen LogP contribution in [-0.2, 0) is 4.79 Å². The zero-order valence-corrected chi connectivity index (χ0v) is 10.5. The van der Waals surface area contributed by atoms with E-state index in [2.05, 4.69) is 24.5 Å². The SMILES string of the molecule is C=CC1=CCCC1(C)N1CCC(C(=O)O)CC1. The first-order valence-corrected chi connectivity index (χ1v) is 6.39. The van der Waals surface area contributed by atoms with Crippen LogP contribution in [0.3, 0.4) is 0 Å². The van der Waals surface area contributed by atoms with Gasteiger partial charge in [0.05, 0.1) is 5.92 Å². The highest BCUT2D eigenvalue weighted by Gasteiger charge is 2.39. The number of likely N-dealkylation sites (tertiary alicyclic amines) is 1. The molecule has 1 unspecified atom stereocenters. The molecule has 0 aromatic carbocycles. The predicted octanol–water partition coefficient (Wildman–Crippen LogP) is 2.45. The first-order valence-electron chi connectivity index (χ1n) is 6.39. The molecule has 2 rings (SSSR count). The van der Waals surface area contributed by atoms with Gasteiger partial charge in [-0.3, -0.25) is 9.69 Å². The number of carboxylic acid groups (broad SMARTS) is 1. The van der Waals surface area contributed by atoms with Crippen LogP contribution in [0.25, 0.3) is 0 Å². The van der Waals surface area contributed by atoms with Gasteiger partial charge in [0, 0.05) is 5.54 Å². The number of carbonyl (C=O) groups is 1. The monoisotopic (exact) mass is 235 g/mol. The Kier molecular flexibility index (Phi) is 3.38. The summed E-state index contributed by atoms with van der Waals surface area (Å²) in [6.07, 6.45) is 8.00. The van der Waals surface area contributed by atoms with Gasteiger partial charge in [-0.1, -0.05) is 18.7 Å². The Morgan fingerprint density at radius 1 is 1.59 bits per heavy atom. The fourth-order valence-electron chi connectivity index (χ4n) is 3.14. The van der Waals surface area contributed by atoms with Crippen LogP contribution < -0.4 is 0 Å². The fraction of sp³-hybridized carbons (Fsp3) is 0.643. The normalized spacial score (nSPS) is 31.2. The summed E-state index contributed by atoms with van der Waals surface area (Å²) in [6, 6.07) is 0. The van der Waals surface area contributed by atoms with E-state index in [1.807, 2.05) is 6.08 Å². The number of piperidine rings is 1. The Hall–Kier alpha value is -1.09. The highest BCUT2D eigenvalue weighted by Crippen LogP contribution is 2.38. The van der Waals surface area contributed by atoms with Crippen molar-refractivity contribution < 1.29 is 9.90 Å². The molecule has 0 aromatic rings. The highest BCUT2D eigenvalue weighted by molar-refractivity contribution is 5.70. The zero-order chi connectivity index (χ0) is 12.5. The van der Waals surface area contributed by atoms with Gasteiger partial charge in [-0.15, -0.1) is 0 Å². The largest absolute Gasteiger partial charge is 0.481 e. The van der Waals surface area contributed by atoms with E-state index in [0.717, 1.165) is 38.8 Å². The van der Waals surface area contributed by atoms with E-state index in [9.17, 15) is 4.79 Å². The lowest BCUT2D eigenvalue weighted by molar-refractivity contribution is -0.143. The fourth-order valence-corrected chi connectivity index (χ4v) is 3.14. The van der Waals surface area contributed by atoms with Gasteiger partial charge in [0.1, 0.15) is 0 Å². The van der Waals surface area contributed by atoms with Gasteiger partial charge in [0.15, 0.2) is 0 Å². The Morgan fingerprint density at radius 2 is 2.24 bits per heavy atom. The summed E-state index contributed by atoms with van der Waals surface area (Å²) in [5, 5.41) is 9.01. The van der Waals surface area contributed by atoms with Crippen LogP contribution in [0, 0.1) is 5.92 Å². The molecule has 1 atom stereocenters. The third kappa shape index (κ3) is 2.16. The second-order valence-corrected chi connectivity index (χ2v) is 5.28. The number of aliphatic carboxylic acids is 1. The van der Waals surface area contributed by atoms with Crippen molar-refractivity contribution in [1.82, 2.24) is 4.90 Å². The minimum Gasteiger partial charge on any atom is -0.481 e. The Labute approximate surface area is 103 Å². The molecular formula is C14H21NO2. The topological polar surface area (TPSA) is 40.5 Å². The molecule has 1 saturated heterocycles. The van der Waals surface area contributed by atoms with Gasteiger partial charge in [-0.2, -0.15) is 0 Å². The highest BCUT2D eigenvalue weighted by atomic mass is 16.4. The second-order valence-electron chi connectivity index (χ2n) is 5.28. The van der Waals surface area contributed by atoms with Gasteiger partial charge >= 0.3 is 5.97 Å². The van der Waals surface area contributed by atoms with Gasteiger partial charge in [0.25, 0.3) is 0 Å². The zero-order valence-electron chi connectivity index (χ0n) is 10.5. The van der Waals surface area contributed by atoms with Gasteiger partial charge in [0.2, 0.25) is 0 Å². The molecule has 0 radical (unpaired) electrons. The van der Waals surface area contributed by atoms with E-state index in [0.29, 0.717) is 0 Å². The second kappa shape index (κ2) is 4.65. The molecule has 3 nitrogen and oxygen atoms in total. The lowest BCUT2D eigenvalue weighted by Gasteiger charge is -2.43. The van der Waals surface area contributed by atoms with Crippen molar-refractivity contribution in [3.63, 3.8) is 0 Å². The number of rotatable bonds is 3. The average Bonchev–Trinajstić information content (AvgIpc) is 2.72. The molecule has 0 amide bonds. The van der Waals surface area contributed by atoms with Crippen molar-refractivity contribution in [2.75, 3.05) is 13.1 Å². The van der Waals surface area contributed by atoms with Crippen LogP contribution in [-0.4, -0.2) is 34.6 Å². The number of hydrogen-bond acceptors (Lipinski definition) is 2. The third-order valence-corrected chi connectivity index (χ3v) is 4.38. The average molecular weight is 235 g/mol. The maximum absolute atomic E-state index is 10.9. The predicted molar refractivity (Wildman–Crippen MR) is 67.9 cm³/mol. The van der Waals surface area contributed by atoms with E-state index in [1.165, 1.54) is 5.57 Å². The third-order valence-electron chi connectivity index (χ3n) is 4.38. The molecular weight excluding hydrogens is 214 g/mol. The molecule has 3 heteroatoms. The molecule has 1 aliphatic carbocycles. The Bertz CT molecular complexity index is 353. The molecule has 2 aliphatic rings. The summed E-state index contributed by atoms with van der Waals surface area (Å²) in [7, 11) is 0. The van der Waals surface area contributed by atoms with Crippen molar-refractivity contribution in [3.05, 3.63) is 24.3 Å². The van der Waals surface area contributed by atoms with Crippen LogP contribution >= 0.6 is 0 Å². The smallest absolute Gasteiger partial charge is 0.306 e. The summed E-state index contributed by atoms with van der Waals surface area (Å²) in [5.74, 6) is -0.784. The van der Waals surface area contributed by atoms with Gasteiger partial charge in [-0.25, -0.2) is 0 Å². The first kappa shape index (κ1) is 12.4. The lowest BCUT2D eigenvalue weighted by atomic mass is 9.87. The minimum absolute atomic E-state index is 0.0885. The summed E-state index contributed by atoms with van der Waals surface area (Å²) in [5.41, 5.74) is 1.40. The first-order chi connectivity index (χ1) is 8.08. The molecule has 94 valence electrons. The molecule has 1 fully saturated rings. The standard InChI is InChI=1S/C14H21NO2/c1-3-12-5-4-8-14(12,2)15-9-6-11(7-10-15)13(16)17/h3,5,11H,1,4,6-10H2,2H3,(H,16,17). The van der Waals surface area contributed by atoms with Crippen molar-refractivity contribution in [2.24, 2.45) is 5.92 Å². The molecule has 1 heterocycles. The summed E-state index contributed by atoms with van der Waals surface area (Å²) in [4.78, 5) is 13.4. The minimum atomic E-state index is -0.638. The van der Waals surface area contributed by atoms with E-state index >= 15 is 0 Å². The van der Waals surface area contributed by atoms with E-state index < -0.39 is 5.97 Å². The molecule has 1 aliphatic heterocycles. The number of hydrogen-bond donors (Lipinski definition) is 1. The van der Waals surface area contributed by atoms with Crippen molar-refractivity contribution >= 4 is 5.97 Å². The summed E-state index contributed by atoms with van der Waals surface area (Å²) in [6.45, 7) is 7.92. The molecule has 17 heavy (non-hydrogen) atoms. The molecule has 0 saturated carbocycles. The molecule has 0 bridgehead atoms. The quantitative estimate of drug-likeness (QED) is 0.817. The molecule has 0 aromatic heterocycles. The van der Waals surface area contributed by atoms with Crippen molar-refractivity contribution in [1.29, 1.82) is 0 Å². The van der Waals surface area contributed by atoms with Crippen molar-refractivity contribution in [3.8, 4) is 0 Å². The Balaban J connectivity index is 2.03. The summed E-state index contributed by atoms with van der Waals surface area (Å²) < 4.78 is 0. The maximum atomic E-state index is 10.9. The van der Waals surface area contributed by atoms with Crippen LogP contribution in [0.2, 0.25) is 0 Å². The van der Waals surface area contributed by atoms with E-state index in [1.54, 1.807) is 0 Å². The van der Waals surface area contributed by atoms with Gasteiger partial charge in [-0.05, 0) is 51.3 Å². The van der Waals surface area contributed by atoms with Gasteiger partial charge < -0.3 is 5.11 Å². The van der Waals surface area contributed by atoms with E-state index in [4.69, 9.17) is 5.11 Å². The maximum Gasteiger partial charge on any atom is 0.306 e. The Morgan fingerprint density at radius 3 is 2.76 bits per heavy atom. The van der Waals surface area contributed by atoms with E-state index in [-0.39, 0.29) is 11.5 Å². The number of nitrogens with zero attached hydrogens (tertiary/aromatic N) is 1.